The number of anilines is 6. The number of fused-ring (bicyclic) bond motifs is 9. The third-order valence-electron chi connectivity index (χ3n) is 11.9. The second-order valence-corrected chi connectivity index (χ2v) is 15.2. The molecule has 0 N–H and O–H groups in total. The molecule has 2 aliphatic rings. The molecule has 0 amide bonds. The van der Waals surface area contributed by atoms with E-state index in [0.29, 0.717) is 0 Å². The highest BCUT2D eigenvalue weighted by Gasteiger charge is 2.43. The van der Waals surface area contributed by atoms with E-state index < -0.39 is 0 Å². The average Bonchev–Trinajstić information content (AvgIpc) is 3.30. The van der Waals surface area contributed by atoms with Gasteiger partial charge in [-0.05, 0) is 93.1 Å². The first-order valence-corrected chi connectivity index (χ1v) is 20.1. The van der Waals surface area contributed by atoms with E-state index in [4.69, 9.17) is 9.47 Å². The molecule has 12 rings (SSSR count). The van der Waals surface area contributed by atoms with E-state index in [2.05, 4.69) is 216 Å². The number of rotatable bonds is 6. The van der Waals surface area contributed by atoms with Crippen LogP contribution in [0, 0.1) is 0 Å². The minimum absolute atomic E-state index is 0.153. The molecule has 2 aliphatic heterocycles. The normalized spacial score (nSPS) is 12.3. The maximum atomic E-state index is 7.05. The first-order chi connectivity index (χ1) is 29.3. The van der Waals surface area contributed by atoms with Gasteiger partial charge >= 0.3 is 0 Å². The van der Waals surface area contributed by atoms with Gasteiger partial charge in [0.1, 0.15) is 23.0 Å². The van der Waals surface area contributed by atoms with Crippen molar-refractivity contribution < 1.29 is 9.47 Å². The fourth-order valence-corrected chi connectivity index (χ4v) is 9.40. The summed E-state index contributed by atoms with van der Waals surface area (Å²) in [6.07, 6.45) is 0. The molecule has 0 unspecified atom stereocenters. The first-order valence-electron chi connectivity index (χ1n) is 20.1. The van der Waals surface area contributed by atoms with Crippen LogP contribution in [0.3, 0.4) is 0 Å². The third kappa shape index (κ3) is 5.32. The van der Waals surface area contributed by atoms with E-state index in [-0.39, 0.29) is 6.71 Å². The van der Waals surface area contributed by atoms with E-state index in [0.717, 1.165) is 95.1 Å². The van der Waals surface area contributed by atoms with Crippen molar-refractivity contribution in [2.75, 3.05) is 9.80 Å². The van der Waals surface area contributed by atoms with Crippen molar-refractivity contribution in [3.8, 4) is 23.0 Å². The molecule has 276 valence electrons. The Labute approximate surface area is 342 Å². The van der Waals surface area contributed by atoms with Gasteiger partial charge in [-0.3, -0.25) is 0 Å². The van der Waals surface area contributed by atoms with Gasteiger partial charge in [-0.25, -0.2) is 0 Å². The fraction of sp³-hybridized carbons (Fsp3) is 0. The van der Waals surface area contributed by atoms with Gasteiger partial charge in [0, 0.05) is 51.1 Å². The molecule has 10 aromatic carbocycles. The molecule has 0 saturated carbocycles. The van der Waals surface area contributed by atoms with E-state index in [1.165, 1.54) is 10.8 Å². The Morgan fingerprint density at radius 1 is 0.288 bits per heavy atom. The molecule has 0 fully saturated rings. The monoisotopic (exact) mass is 754 g/mol. The highest BCUT2D eigenvalue weighted by Crippen LogP contribution is 2.47. The highest BCUT2D eigenvalue weighted by atomic mass is 16.5. The Hall–Kier alpha value is -7.76. The second kappa shape index (κ2) is 13.4. The smallest absolute Gasteiger partial charge is 0.262 e. The molecule has 10 aromatic rings. The van der Waals surface area contributed by atoms with Crippen molar-refractivity contribution in [1.82, 2.24) is 0 Å². The molecule has 4 nitrogen and oxygen atoms in total. The van der Waals surface area contributed by atoms with Crippen molar-refractivity contribution in [1.29, 1.82) is 0 Å². The summed E-state index contributed by atoms with van der Waals surface area (Å²) in [5.74, 6) is 3.31. The number of hydrogen-bond acceptors (Lipinski definition) is 4. The number of para-hydroxylation sites is 3. The third-order valence-corrected chi connectivity index (χ3v) is 11.9. The van der Waals surface area contributed by atoms with Gasteiger partial charge in [0.25, 0.3) is 6.71 Å². The predicted octanol–water partition coefficient (Wildman–Crippen LogP) is 12.8. The lowest BCUT2D eigenvalue weighted by Gasteiger charge is -2.37. The minimum atomic E-state index is -0.153. The highest BCUT2D eigenvalue weighted by molar-refractivity contribution is 7.01. The summed E-state index contributed by atoms with van der Waals surface area (Å²) in [6.45, 7) is -0.153. The summed E-state index contributed by atoms with van der Waals surface area (Å²) in [4.78, 5) is 4.70. The number of ether oxygens (including phenoxy) is 2. The van der Waals surface area contributed by atoms with E-state index >= 15 is 0 Å². The molecule has 59 heavy (non-hydrogen) atoms. The standard InChI is InChI=1S/C54H35BN2O2/c1-4-19-38(20-5-1)56(39-21-6-2-7-22-39)46-34-50-52(44-27-14-12-25-42(44)46)55-53-45-28-15-13-26-43(45)47(35-51(53)59-49-30-16-29-48(58-50)54(49)55)57(40-23-8-3-9-24-40)41-32-31-36-17-10-11-18-37(36)33-41/h1-35H. The summed E-state index contributed by atoms with van der Waals surface area (Å²) in [5.41, 5.74) is 9.74. The van der Waals surface area contributed by atoms with Crippen LogP contribution in [0.4, 0.5) is 34.1 Å². The number of hydrogen-bond donors (Lipinski definition) is 0. The van der Waals surface area contributed by atoms with Gasteiger partial charge < -0.3 is 19.3 Å². The summed E-state index contributed by atoms with van der Waals surface area (Å²) in [6, 6.07) is 75.4. The fourth-order valence-electron chi connectivity index (χ4n) is 9.40. The maximum Gasteiger partial charge on any atom is 0.262 e. The lowest BCUT2D eigenvalue weighted by molar-refractivity contribution is 0.465. The summed E-state index contributed by atoms with van der Waals surface area (Å²) in [5, 5.41) is 6.97. The summed E-state index contributed by atoms with van der Waals surface area (Å²) < 4.78 is 14.1. The number of nitrogens with zero attached hydrogens (tertiary/aromatic N) is 2. The van der Waals surface area contributed by atoms with Gasteiger partial charge in [-0.1, -0.05) is 140 Å². The van der Waals surface area contributed by atoms with Crippen molar-refractivity contribution in [2.24, 2.45) is 0 Å². The largest absolute Gasteiger partial charge is 0.458 e. The molecule has 2 heterocycles. The lowest BCUT2D eigenvalue weighted by atomic mass is 9.33. The van der Waals surface area contributed by atoms with Crippen LogP contribution < -0.4 is 35.7 Å². The second-order valence-electron chi connectivity index (χ2n) is 15.2. The summed E-state index contributed by atoms with van der Waals surface area (Å²) >= 11 is 0. The van der Waals surface area contributed by atoms with E-state index in [9.17, 15) is 0 Å². The molecule has 0 spiro atoms. The van der Waals surface area contributed by atoms with Crippen LogP contribution in [0.2, 0.25) is 0 Å². The zero-order valence-electron chi connectivity index (χ0n) is 32.0. The number of benzene rings is 10. The predicted molar refractivity (Wildman–Crippen MR) is 246 cm³/mol. The zero-order chi connectivity index (χ0) is 38.9. The zero-order valence-corrected chi connectivity index (χ0v) is 32.0. The molecule has 5 heteroatoms. The van der Waals surface area contributed by atoms with Crippen LogP contribution in [0.25, 0.3) is 32.3 Å². The molecular weight excluding hydrogens is 719 g/mol. The van der Waals surface area contributed by atoms with Crippen LogP contribution in [-0.4, -0.2) is 6.71 Å². The van der Waals surface area contributed by atoms with Gasteiger partial charge in [0.05, 0.1) is 11.4 Å². The van der Waals surface area contributed by atoms with Gasteiger partial charge in [-0.15, -0.1) is 0 Å². The van der Waals surface area contributed by atoms with Gasteiger partial charge in [0.15, 0.2) is 0 Å². The van der Waals surface area contributed by atoms with E-state index in [1.54, 1.807) is 0 Å². The van der Waals surface area contributed by atoms with Crippen LogP contribution >= 0.6 is 0 Å². The molecule has 0 radical (unpaired) electrons. The minimum Gasteiger partial charge on any atom is -0.458 e. The molecule has 0 saturated heterocycles. The Morgan fingerprint density at radius 2 is 0.712 bits per heavy atom. The molecule has 0 atom stereocenters. The van der Waals surface area contributed by atoms with Crippen molar-refractivity contribution in [3.63, 3.8) is 0 Å². The SMILES string of the molecule is c1ccc(N(c2ccccc2)c2cc3c(c4ccccc24)B2c4c(cccc4Oc4cc(N(c5ccccc5)c5ccc6ccccc6c5)c5ccccc5c42)O3)cc1. The molecular formula is C54H35BN2O2. The van der Waals surface area contributed by atoms with Crippen molar-refractivity contribution in [2.45, 2.75) is 0 Å². The van der Waals surface area contributed by atoms with Crippen molar-refractivity contribution in [3.05, 3.63) is 212 Å². The maximum absolute atomic E-state index is 7.05. The summed E-state index contributed by atoms with van der Waals surface area (Å²) in [7, 11) is 0. The molecule has 0 aliphatic carbocycles. The molecule has 0 aromatic heterocycles. The van der Waals surface area contributed by atoms with Crippen molar-refractivity contribution >= 4 is 89.5 Å². The lowest BCUT2D eigenvalue weighted by Crippen LogP contribution is -2.58. The topological polar surface area (TPSA) is 24.9 Å². The van der Waals surface area contributed by atoms with Gasteiger partial charge in [0.2, 0.25) is 0 Å². The first kappa shape index (κ1) is 33.4. The van der Waals surface area contributed by atoms with Crippen LogP contribution in [-0.2, 0) is 0 Å². The quantitative estimate of drug-likeness (QED) is 0.158. The van der Waals surface area contributed by atoms with Crippen LogP contribution in [0.15, 0.2) is 212 Å². The van der Waals surface area contributed by atoms with Crippen LogP contribution in [0.5, 0.6) is 23.0 Å². The average molecular weight is 755 g/mol. The van der Waals surface area contributed by atoms with Gasteiger partial charge in [-0.2, -0.15) is 0 Å². The Morgan fingerprint density at radius 3 is 1.22 bits per heavy atom. The Kier molecular flexibility index (Phi) is 7.60. The van der Waals surface area contributed by atoms with Crippen LogP contribution in [0.1, 0.15) is 0 Å². The molecule has 0 bridgehead atoms. The van der Waals surface area contributed by atoms with E-state index in [1.807, 2.05) is 6.07 Å². The Balaban J connectivity index is 1.12. The Bertz CT molecular complexity index is 3210.